The lowest BCUT2D eigenvalue weighted by molar-refractivity contribution is 0.0928. The van der Waals surface area contributed by atoms with Crippen LogP contribution in [0.1, 0.15) is 54.2 Å². The summed E-state index contributed by atoms with van der Waals surface area (Å²) in [5, 5.41) is 11.3. The van der Waals surface area contributed by atoms with E-state index in [1.807, 2.05) is 37.6 Å². The Morgan fingerprint density at radius 1 is 1.35 bits per heavy atom. The van der Waals surface area contributed by atoms with E-state index in [0.717, 1.165) is 49.4 Å². The molecule has 2 heterocycles. The lowest BCUT2D eigenvalue weighted by atomic mass is 10.0. The van der Waals surface area contributed by atoms with Crippen LogP contribution < -0.4 is 5.32 Å². The summed E-state index contributed by atoms with van der Waals surface area (Å²) in [6.07, 6.45) is 4.64. The average Bonchev–Trinajstić information content (AvgIpc) is 3.23. The summed E-state index contributed by atoms with van der Waals surface area (Å²) in [6, 6.07) is 4.07. The van der Waals surface area contributed by atoms with Gasteiger partial charge in [0.25, 0.3) is 5.91 Å². The molecule has 124 valence electrons. The number of amides is 1. The maximum absolute atomic E-state index is 12.4. The van der Waals surface area contributed by atoms with Gasteiger partial charge in [0.1, 0.15) is 5.69 Å². The number of aryl methyl sites for hydroxylation is 2. The minimum atomic E-state index is 0.0114. The van der Waals surface area contributed by atoms with Gasteiger partial charge in [0.05, 0.1) is 0 Å². The van der Waals surface area contributed by atoms with Crippen LogP contribution in [0.25, 0.3) is 0 Å². The monoisotopic (exact) mass is 316 g/mol. The lowest BCUT2D eigenvalue weighted by Gasteiger charge is -2.13. The van der Waals surface area contributed by atoms with E-state index in [0.29, 0.717) is 11.8 Å². The van der Waals surface area contributed by atoms with Gasteiger partial charge in [-0.2, -0.15) is 0 Å². The van der Waals surface area contributed by atoms with Crippen LogP contribution in [0, 0.1) is 12.8 Å². The number of hydrogen-bond acceptors (Lipinski definition) is 4. The average molecular weight is 316 g/mol. The molecule has 1 amide bonds. The minimum absolute atomic E-state index is 0.0114. The van der Waals surface area contributed by atoms with Gasteiger partial charge in [-0.1, -0.05) is 6.92 Å². The summed E-state index contributed by atoms with van der Waals surface area (Å²) in [7, 11) is 1.92. The van der Waals surface area contributed by atoms with E-state index in [2.05, 4.69) is 15.5 Å². The highest BCUT2D eigenvalue weighted by Crippen LogP contribution is 2.28. The Morgan fingerprint density at radius 2 is 2.13 bits per heavy atom. The van der Waals surface area contributed by atoms with Crippen molar-refractivity contribution in [2.75, 3.05) is 0 Å². The largest absolute Gasteiger partial charge is 0.425 e. The molecule has 6 nitrogen and oxygen atoms in total. The maximum atomic E-state index is 12.4. The van der Waals surface area contributed by atoms with E-state index >= 15 is 0 Å². The van der Waals surface area contributed by atoms with Crippen LogP contribution in [0.15, 0.2) is 16.5 Å². The highest BCUT2D eigenvalue weighted by Gasteiger charge is 2.28. The normalized spacial score (nSPS) is 20.8. The topological polar surface area (TPSA) is 73.0 Å². The second-order valence-corrected chi connectivity index (χ2v) is 6.42. The summed E-state index contributed by atoms with van der Waals surface area (Å²) in [6.45, 7) is 4.00. The molecule has 0 aliphatic heterocycles. The third kappa shape index (κ3) is 3.46. The van der Waals surface area contributed by atoms with Gasteiger partial charge in [0.15, 0.2) is 0 Å². The van der Waals surface area contributed by atoms with Gasteiger partial charge in [0.2, 0.25) is 11.8 Å². The molecular formula is C17H24N4O2. The van der Waals surface area contributed by atoms with E-state index in [1.165, 1.54) is 0 Å². The van der Waals surface area contributed by atoms with E-state index in [4.69, 9.17) is 4.42 Å². The highest BCUT2D eigenvalue weighted by atomic mass is 16.4. The maximum Gasteiger partial charge on any atom is 0.268 e. The molecule has 0 saturated heterocycles. The third-order valence-electron chi connectivity index (χ3n) is 4.76. The molecule has 1 aliphatic rings. The van der Waals surface area contributed by atoms with Crippen molar-refractivity contribution < 1.29 is 9.21 Å². The van der Waals surface area contributed by atoms with Gasteiger partial charge >= 0.3 is 0 Å². The Labute approximate surface area is 136 Å². The molecule has 1 saturated carbocycles. The Bertz CT molecular complexity index is 689. The molecule has 2 aromatic rings. The Hall–Kier alpha value is -2.11. The van der Waals surface area contributed by atoms with Crippen LogP contribution in [0.2, 0.25) is 0 Å². The zero-order valence-corrected chi connectivity index (χ0v) is 14.0. The van der Waals surface area contributed by atoms with Crippen molar-refractivity contribution in [1.82, 2.24) is 20.1 Å². The second kappa shape index (κ2) is 6.56. The van der Waals surface area contributed by atoms with Crippen LogP contribution in [-0.2, 0) is 19.9 Å². The first-order valence-corrected chi connectivity index (χ1v) is 8.31. The van der Waals surface area contributed by atoms with Crippen LogP contribution in [0.4, 0.5) is 0 Å². The number of carbonyl (C=O) groups excluding carboxylic acids is 1. The fourth-order valence-electron chi connectivity index (χ4n) is 3.25. The van der Waals surface area contributed by atoms with Crippen molar-refractivity contribution in [3.63, 3.8) is 0 Å². The van der Waals surface area contributed by atoms with Crippen LogP contribution in [-0.4, -0.2) is 26.7 Å². The molecule has 0 bridgehead atoms. The highest BCUT2D eigenvalue weighted by molar-refractivity contribution is 5.93. The predicted molar refractivity (Wildman–Crippen MR) is 86.1 cm³/mol. The van der Waals surface area contributed by atoms with E-state index in [9.17, 15) is 4.79 Å². The minimum Gasteiger partial charge on any atom is -0.425 e. The van der Waals surface area contributed by atoms with Crippen molar-refractivity contribution in [1.29, 1.82) is 0 Å². The molecule has 2 atom stereocenters. The summed E-state index contributed by atoms with van der Waals surface area (Å²) in [5.74, 6) is 1.93. The van der Waals surface area contributed by atoms with Crippen molar-refractivity contribution in [3.05, 3.63) is 35.3 Å². The predicted octanol–water partition coefficient (Wildman–Crippen LogP) is 2.42. The van der Waals surface area contributed by atoms with Gasteiger partial charge in [-0.3, -0.25) is 4.79 Å². The number of hydrogen-bond donors (Lipinski definition) is 1. The smallest absolute Gasteiger partial charge is 0.268 e. The first-order valence-electron chi connectivity index (χ1n) is 8.31. The SMILES string of the molecule is CCc1nnc(C[C@@H]2CC[C@H](NC(=O)c3ccc(C)n3C)C2)o1. The van der Waals surface area contributed by atoms with Crippen LogP contribution >= 0.6 is 0 Å². The van der Waals surface area contributed by atoms with Crippen LogP contribution in [0.3, 0.4) is 0 Å². The van der Waals surface area contributed by atoms with E-state index < -0.39 is 0 Å². The van der Waals surface area contributed by atoms with Gasteiger partial charge in [-0.25, -0.2) is 0 Å². The number of nitrogens with zero attached hydrogens (tertiary/aromatic N) is 3. The van der Waals surface area contributed by atoms with E-state index in [-0.39, 0.29) is 11.9 Å². The molecular weight excluding hydrogens is 292 g/mol. The molecule has 1 aliphatic carbocycles. The van der Waals surface area contributed by atoms with E-state index in [1.54, 1.807) is 0 Å². The lowest BCUT2D eigenvalue weighted by Crippen LogP contribution is -2.34. The zero-order valence-electron chi connectivity index (χ0n) is 14.0. The molecule has 6 heteroatoms. The summed E-state index contributed by atoms with van der Waals surface area (Å²) in [5.41, 5.74) is 1.80. The van der Waals surface area contributed by atoms with Crippen molar-refractivity contribution >= 4 is 5.91 Å². The summed E-state index contributed by atoms with van der Waals surface area (Å²) in [4.78, 5) is 12.4. The second-order valence-electron chi connectivity index (χ2n) is 6.42. The first kappa shape index (κ1) is 15.8. The molecule has 0 radical (unpaired) electrons. The molecule has 0 spiro atoms. The molecule has 3 rings (SSSR count). The number of aromatic nitrogens is 3. The molecule has 1 fully saturated rings. The Balaban J connectivity index is 1.53. The number of carbonyl (C=O) groups is 1. The Morgan fingerprint density at radius 3 is 2.78 bits per heavy atom. The van der Waals surface area contributed by atoms with Gasteiger partial charge in [-0.15, -0.1) is 10.2 Å². The fourth-order valence-corrected chi connectivity index (χ4v) is 3.25. The molecule has 23 heavy (non-hydrogen) atoms. The van der Waals surface area contributed by atoms with Crippen molar-refractivity contribution in [3.8, 4) is 0 Å². The van der Waals surface area contributed by atoms with Gasteiger partial charge in [-0.05, 0) is 44.2 Å². The zero-order chi connectivity index (χ0) is 16.4. The molecule has 2 aromatic heterocycles. The molecule has 1 N–H and O–H groups in total. The van der Waals surface area contributed by atoms with Crippen molar-refractivity contribution in [2.45, 2.75) is 52.0 Å². The standard InChI is InChI=1S/C17H24N4O2/c1-4-15-19-20-16(23-15)10-12-6-7-13(9-12)18-17(22)14-8-5-11(2)21(14)3/h5,8,12-13H,4,6-7,9-10H2,1-3H3,(H,18,22)/t12-,13+/m1/s1. The summed E-state index contributed by atoms with van der Waals surface area (Å²) >= 11 is 0. The summed E-state index contributed by atoms with van der Waals surface area (Å²) < 4.78 is 7.51. The number of nitrogens with one attached hydrogen (secondary N) is 1. The molecule has 0 aromatic carbocycles. The number of rotatable bonds is 5. The molecule has 0 unspecified atom stereocenters. The fraction of sp³-hybridized carbons (Fsp3) is 0.588. The van der Waals surface area contributed by atoms with Gasteiger partial charge in [0, 0.05) is 31.6 Å². The third-order valence-corrected chi connectivity index (χ3v) is 4.76. The first-order chi connectivity index (χ1) is 11.1. The van der Waals surface area contributed by atoms with Gasteiger partial charge < -0.3 is 14.3 Å². The van der Waals surface area contributed by atoms with Crippen LogP contribution in [0.5, 0.6) is 0 Å². The quantitative estimate of drug-likeness (QED) is 0.919. The Kier molecular flexibility index (Phi) is 4.50. The van der Waals surface area contributed by atoms with Crippen molar-refractivity contribution in [2.24, 2.45) is 13.0 Å².